The standard InChI is InChI=1S/C23H37NO/c1-19(2)16-6-7-22(19,5)17(8-16)24-18(25)23-11-15-9-20(3,13-23)12-21(4,10-15)14-23/h15-17H,6-14H2,1-5H3,(H,24,25). The molecule has 5 unspecified atom stereocenters. The van der Waals surface area contributed by atoms with Crippen molar-refractivity contribution in [3.05, 3.63) is 0 Å². The van der Waals surface area contributed by atoms with E-state index >= 15 is 0 Å². The van der Waals surface area contributed by atoms with E-state index in [0.717, 1.165) is 24.7 Å². The minimum absolute atomic E-state index is 0.0503. The predicted molar refractivity (Wildman–Crippen MR) is 101 cm³/mol. The molecule has 6 rings (SSSR count). The Morgan fingerprint density at radius 2 is 1.56 bits per heavy atom. The third kappa shape index (κ3) is 2.00. The lowest BCUT2D eigenvalue weighted by Crippen LogP contribution is -2.61. The van der Waals surface area contributed by atoms with E-state index in [9.17, 15) is 4.79 Å². The summed E-state index contributed by atoms with van der Waals surface area (Å²) in [6.07, 6.45) is 11.4. The van der Waals surface area contributed by atoms with E-state index in [0.29, 0.717) is 33.6 Å². The minimum Gasteiger partial charge on any atom is -0.352 e. The first-order valence-corrected chi connectivity index (χ1v) is 10.8. The van der Waals surface area contributed by atoms with Crippen molar-refractivity contribution in [2.24, 2.45) is 38.9 Å². The maximum atomic E-state index is 13.7. The summed E-state index contributed by atoms with van der Waals surface area (Å²) in [5.41, 5.74) is 1.46. The Hall–Kier alpha value is -0.530. The van der Waals surface area contributed by atoms with Crippen LogP contribution in [0.15, 0.2) is 0 Å². The zero-order valence-electron chi connectivity index (χ0n) is 17.0. The molecule has 5 atom stereocenters. The minimum atomic E-state index is -0.0503. The molecule has 6 saturated carbocycles. The number of rotatable bonds is 2. The Morgan fingerprint density at radius 3 is 2.04 bits per heavy atom. The third-order valence-electron chi connectivity index (χ3n) is 10.2. The maximum Gasteiger partial charge on any atom is 0.226 e. The molecule has 0 aliphatic heterocycles. The van der Waals surface area contributed by atoms with Gasteiger partial charge in [0, 0.05) is 6.04 Å². The van der Waals surface area contributed by atoms with Crippen LogP contribution in [-0.4, -0.2) is 11.9 Å². The molecular formula is C23H37NO. The zero-order chi connectivity index (χ0) is 17.9. The molecule has 0 aromatic rings. The quantitative estimate of drug-likeness (QED) is 0.723. The Morgan fingerprint density at radius 1 is 0.920 bits per heavy atom. The van der Waals surface area contributed by atoms with E-state index in [-0.39, 0.29) is 5.41 Å². The van der Waals surface area contributed by atoms with Gasteiger partial charge in [-0.15, -0.1) is 0 Å². The average Bonchev–Trinajstić information content (AvgIpc) is 2.76. The van der Waals surface area contributed by atoms with Crippen molar-refractivity contribution in [2.45, 2.75) is 98.4 Å². The summed E-state index contributed by atoms with van der Waals surface area (Å²) >= 11 is 0. The molecule has 2 heteroatoms. The van der Waals surface area contributed by atoms with Gasteiger partial charge in [-0.3, -0.25) is 4.79 Å². The Balaban J connectivity index is 1.41. The van der Waals surface area contributed by atoms with E-state index in [4.69, 9.17) is 0 Å². The first-order chi connectivity index (χ1) is 11.5. The molecule has 0 aromatic carbocycles. The van der Waals surface area contributed by atoms with Gasteiger partial charge in [0.25, 0.3) is 0 Å². The van der Waals surface area contributed by atoms with E-state index in [1.165, 1.54) is 44.9 Å². The highest BCUT2D eigenvalue weighted by Gasteiger charge is 2.65. The third-order valence-corrected chi connectivity index (χ3v) is 10.2. The van der Waals surface area contributed by atoms with Gasteiger partial charge in [0.1, 0.15) is 0 Å². The molecular weight excluding hydrogens is 306 g/mol. The lowest BCUT2D eigenvalue weighted by atomic mass is 9.40. The molecule has 0 saturated heterocycles. The van der Waals surface area contributed by atoms with Gasteiger partial charge in [-0.1, -0.05) is 34.6 Å². The second-order valence-electron chi connectivity index (χ2n) is 12.5. The summed E-state index contributed by atoms with van der Waals surface area (Å²) in [7, 11) is 0. The highest BCUT2D eigenvalue weighted by molar-refractivity contribution is 5.84. The van der Waals surface area contributed by atoms with Crippen LogP contribution < -0.4 is 5.32 Å². The van der Waals surface area contributed by atoms with Gasteiger partial charge in [-0.05, 0) is 91.3 Å². The normalized spacial score (nSPS) is 57.9. The maximum absolute atomic E-state index is 13.7. The molecule has 6 bridgehead atoms. The largest absolute Gasteiger partial charge is 0.352 e. The van der Waals surface area contributed by atoms with Crippen molar-refractivity contribution in [3.8, 4) is 0 Å². The smallest absolute Gasteiger partial charge is 0.226 e. The molecule has 0 radical (unpaired) electrons. The van der Waals surface area contributed by atoms with Crippen LogP contribution in [0.4, 0.5) is 0 Å². The highest BCUT2D eigenvalue weighted by atomic mass is 16.2. The lowest BCUT2D eigenvalue weighted by molar-refractivity contribution is -0.171. The Kier molecular flexibility index (Phi) is 2.98. The monoisotopic (exact) mass is 343 g/mol. The number of nitrogens with one attached hydrogen (secondary N) is 1. The van der Waals surface area contributed by atoms with Crippen LogP contribution in [0.1, 0.15) is 92.4 Å². The summed E-state index contributed by atoms with van der Waals surface area (Å²) in [6.45, 7) is 12.3. The van der Waals surface area contributed by atoms with E-state index in [1.54, 1.807) is 0 Å². The van der Waals surface area contributed by atoms with Crippen LogP contribution in [0.2, 0.25) is 0 Å². The first kappa shape index (κ1) is 16.6. The number of amides is 1. The number of fused-ring (bicyclic) bond motifs is 2. The van der Waals surface area contributed by atoms with Crippen molar-refractivity contribution in [1.29, 1.82) is 0 Å². The number of hydrogen-bond acceptors (Lipinski definition) is 1. The topological polar surface area (TPSA) is 29.1 Å². The van der Waals surface area contributed by atoms with Crippen molar-refractivity contribution >= 4 is 5.91 Å². The van der Waals surface area contributed by atoms with Crippen molar-refractivity contribution in [1.82, 2.24) is 5.32 Å². The molecule has 140 valence electrons. The van der Waals surface area contributed by atoms with Crippen LogP contribution in [0, 0.1) is 38.9 Å². The molecule has 6 fully saturated rings. The van der Waals surface area contributed by atoms with Gasteiger partial charge in [-0.2, -0.15) is 0 Å². The van der Waals surface area contributed by atoms with Crippen molar-refractivity contribution < 1.29 is 4.79 Å². The fraction of sp³-hybridized carbons (Fsp3) is 0.957. The fourth-order valence-corrected chi connectivity index (χ4v) is 9.43. The molecule has 1 amide bonds. The Labute approximate surface area is 153 Å². The van der Waals surface area contributed by atoms with Crippen LogP contribution in [0.3, 0.4) is 0 Å². The second-order valence-corrected chi connectivity index (χ2v) is 12.5. The highest BCUT2D eigenvalue weighted by Crippen LogP contribution is 2.70. The fourth-order valence-electron chi connectivity index (χ4n) is 9.43. The van der Waals surface area contributed by atoms with Gasteiger partial charge < -0.3 is 5.32 Å². The van der Waals surface area contributed by atoms with E-state index in [1.807, 2.05) is 0 Å². The van der Waals surface area contributed by atoms with Gasteiger partial charge in [0.05, 0.1) is 5.41 Å². The number of carbonyl (C=O) groups excluding carboxylic acids is 1. The summed E-state index contributed by atoms with van der Waals surface area (Å²) in [6, 6.07) is 0.405. The SMILES string of the molecule is CC12CC3CC(C)(C1)CC(C(=O)NC1CC4CCC1(C)C4(C)C)(C3)C2. The van der Waals surface area contributed by atoms with Gasteiger partial charge >= 0.3 is 0 Å². The predicted octanol–water partition coefficient (Wildman–Crippen LogP) is 5.31. The summed E-state index contributed by atoms with van der Waals surface area (Å²) in [5, 5.41) is 3.66. The lowest BCUT2D eigenvalue weighted by Gasteiger charge is -2.64. The zero-order valence-corrected chi connectivity index (χ0v) is 17.0. The first-order valence-electron chi connectivity index (χ1n) is 10.8. The summed E-state index contributed by atoms with van der Waals surface area (Å²) in [4.78, 5) is 13.7. The summed E-state index contributed by atoms with van der Waals surface area (Å²) < 4.78 is 0. The Bertz CT molecular complexity index is 618. The molecule has 0 spiro atoms. The van der Waals surface area contributed by atoms with Crippen molar-refractivity contribution in [3.63, 3.8) is 0 Å². The van der Waals surface area contributed by atoms with Crippen LogP contribution in [-0.2, 0) is 4.79 Å². The van der Waals surface area contributed by atoms with Crippen LogP contribution in [0.5, 0.6) is 0 Å². The molecule has 25 heavy (non-hydrogen) atoms. The molecule has 2 nitrogen and oxygen atoms in total. The number of hydrogen-bond donors (Lipinski definition) is 1. The molecule has 0 aromatic heterocycles. The van der Waals surface area contributed by atoms with Crippen molar-refractivity contribution in [2.75, 3.05) is 0 Å². The molecule has 6 aliphatic carbocycles. The van der Waals surface area contributed by atoms with Gasteiger partial charge in [-0.25, -0.2) is 0 Å². The van der Waals surface area contributed by atoms with E-state index in [2.05, 4.69) is 39.9 Å². The second kappa shape index (κ2) is 4.47. The molecule has 1 N–H and O–H groups in total. The van der Waals surface area contributed by atoms with Gasteiger partial charge in [0.15, 0.2) is 0 Å². The molecule has 6 aliphatic rings. The van der Waals surface area contributed by atoms with E-state index < -0.39 is 0 Å². The summed E-state index contributed by atoms with van der Waals surface area (Å²) in [5.74, 6) is 2.03. The number of carbonyl (C=O) groups is 1. The average molecular weight is 344 g/mol. The molecule has 0 heterocycles. The van der Waals surface area contributed by atoms with Crippen LogP contribution in [0.25, 0.3) is 0 Å². The van der Waals surface area contributed by atoms with Crippen LogP contribution >= 0.6 is 0 Å². The van der Waals surface area contributed by atoms with Gasteiger partial charge in [0.2, 0.25) is 5.91 Å².